The summed E-state index contributed by atoms with van der Waals surface area (Å²) in [6, 6.07) is 16.6. The number of rotatable bonds is 4. The molecule has 120 valence electrons. The molecule has 0 spiro atoms. The van der Waals surface area contributed by atoms with Crippen LogP contribution in [0.15, 0.2) is 66.0 Å². The number of carbonyl (C=O) groups is 1. The topological polar surface area (TPSA) is 54.9 Å². The van der Waals surface area contributed by atoms with Crippen LogP contribution in [0.3, 0.4) is 0 Å². The van der Waals surface area contributed by atoms with E-state index in [-0.39, 0.29) is 5.91 Å². The van der Waals surface area contributed by atoms with Gasteiger partial charge in [0.05, 0.1) is 11.3 Å². The molecule has 2 aromatic carbocycles. The van der Waals surface area contributed by atoms with E-state index in [4.69, 9.17) is 11.6 Å². The Hall–Kier alpha value is -2.37. The minimum Gasteiger partial charge on any atom is -0.322 e. The molecule has 1 aromatic heterocycles. The van der Waals surface area contributed by atoms with Crippen LogP contribution in [0.4, 0.5) is 5.69 Å². The molecule has 0 bridgehead atoms. The molecule has 0 unspecified atom stereocenters. The second kappa shape index (κ2) is 7.47. The quantitative estimate of drug-likeness (QED) is 0.541. The molecule has 0 fully saturated rings. The van der Waals surface area contributed by atoms with E-state index >= 15 is 0 Å². The smallest absolute Gasteiger partial charge is 0.259 e. The maximum absolute atomic E-state index is 12.7. The van der Waals surface area contributed by atoms with Crippen molar-refractivity contribution >= 4 is 35.0 Å². The van der Waals surface area contributed by atoms with Gasteiger partial charge in [-0.15, -0.1) is 0 Å². The van der Waals surface area contributed by atoms with Crippen molar-refractivity contribution in [3.63, 3.8) is 0 Å². The fourth-order valence-corrected chi connectivity index (χ4v) is 2.74. The maximum Gasteiger partial charge on any atom is 0.259 e. The van der Waals surface area contributed by atoms with Crippen LogP contribution in [0.25, 0.3) is 11.3 Å². The van der Waals surface area contributed by atoms with Gasteiger partial charge >= 0.3 is 0 Å². The highest BCUT2D eigenvalue weighted by molar-refractivity contribution is 7.98. The lowest BCUT2D eigenvalue weighted by molar-refractivity contribution is 0.102. The van der Waals surface area contributed by atoms with Gasteiger partial charge in [-0.05, 0) is 24.5 Å². The second-order valence-corrected chi connectivity index (χ2v) is 6.16. The third-order valence-corrected chi connectivity index (χ3v) is 4.12. The van der Waals surface area contributed by atoms with Crippen LogP contribution in [0.5, 0.6) is 0 Å². The number of aromatic nitrogens is 2. The van der Waals surface area contributed by atoms with Gasteiger partial charge in [-0.1, -0.05) is 59.8 Å². The van der Waals surface area contributed by atoms with Crippen molar-refractivity contribution in [2.24, 2.45) is 0 Å². The number of hydrogen-bond donors (Lipinski definition) is 1. The predicted octanol–water partition coefficient (Wildman–Crippen LogP) is 4.77. The van der Waals surface area contributed by atoms with E-state index in [2.05, 4.69) is 15.3 Å². The number of anilines is 1. The van der Waals surface area contributed by atoms with Gasteiger partial charge in [0.15, 0.2) is 5.16 Å². The first-order valence-corrected chi connectivity index (χ1v) is 8.81. The van der Waals surface area contributed by atoms with E-state index in [0.29, 0.717) is 27.1 Å². The molecule has 1 N–H and O–H groups in total. The average molecular weight is 356 g/mol. The molecule has 3 rings (SSSR count). The van der Waals surface area contributed by atoms with E-state index in [1.165, 1.54) is 11.8 Å². The SMILES string of the molecule is CSc1ncc(C(=O)Nc2cccc(Cl)c2)c(-c2ccccc2)n1. The third kappa shape index (κ3) is 3.75. The van der Waals surface area contributed by atoms with E-state index < -0.39 is 0 Å². The summed E-state index contributed by atoms with van der Waals surface area (Å²) in [6.07, 6.45) is 3.46. The number of nitrogens with zero attached hydrogens (tertiary/aromatic N) is 2. The fraction of sp³-hybridized carbons (Fsp3) is 0.0556. The molecule has 4 nitrogen and oxygen atoms in total. The fourth-order valence-electron chi connectivity index (χ4n) is 2.21. The summed E-state index contributed by atoms with van der Waals surface area (Å²) in [5.41, 5.74) is 2.51. The Balaban J connectivity index is 1.99. The molecule has 0 aliphatic carbocycles. The van der Waals surface area contributed by atoms with Crippen molar-refractivity contribution in [3.8, 4) is 11.3 Å². The molecule has 1 heterocycles. The number of benzene rings is 2. The average Bonchev–Trinajstić information content (AvgIpc) is 2.62. The van der Waals surface area contributed by atoms with E-state index in [0.717, 1.165) is 5.56 Å². The van der Waals surface area contributed by atoms with Gasteiger partial charge in [0.1, 0.15) is 0 Å². The van der Waals surface area contributed by atoms with Gasteiger partial charge in [0.25, 0.3) is 5.91 Å². The van der Waals surface area contributed by atoms with E-state index in [1.807, 2.05) is 36.6 Å². The largest absolute Gasteiger partial charge is 0.322 e. The highest BCUT2D eigenvalue weighted by atomic mass is 35.5. The Morgan fingerprint density at radius 3 is 2.62 bits per heavy atom. The van der Waals surface area contributed by atoms with Crippen LogP contribution in [0.1, 0.15) is 10.4 Å². The number of thioether (sulfide) groups is 1. The van der Waals surface area contributed by atoms with E-state index in [1.54, 1.807) is 30.5 Å². The van der Waals surface area contributed by atoms with Gasteiger partial charge in [-0.2, -0.15) is 0 Å². The van der Waals surface area contributed by atoms with Crippen LogP contribution in [0.2, 0.25) is 5.02 Å². The predicted molar refractivity (Wildman–Crippen MR) is 98.7 cm³/mol. The Morgan fingerprint density at radius 2 is 1.92 bits per heavy atom. The Kier molecular flexibility index (Phi) is 5.13. The summed E-state index contributed by atoms with van der Waals surface area (Å²) in [5.74, 6) is -0.274. The summed E-state index contributed by atoms with van der Waals surface area (Å²) in [6.45, 7) is 0. The van der Waals surface area contributed by atoms with Crippen LogP contribution in [-0.2, 0) is 0 Å². The third-order valence-electron chi connectivity index (χ3n) is 3.32. The van der Waals surface area contributed by atoms with Crippen LogP contribution in [-0.4, -0.2) is 22.1 Å². The van der Waals surface area contributed by atoms with Gasteiger partial charge in [0, 0.05) is 22.5 Å². The zero-order valence-corrected chi connectivity index (χ0v) is 14.4. The number of halogens is 1. The zero-order valence-electron chi connectivity index (χ0n) is 12.9. The first kappa shape index (κ1) is 16.5. The lowest BCUT2D eigenvalue weighted by Gasteiger charge is -2.10. The molecule has 0 atom stereocenters. The lowest BCUT2D eigenvalue weighted by atomic mass is 10.1. The van der Waals surface area contributed by atoms with Crippen LogP contribution >= 0.6 is 23.4 Å². The van der Waals surface area contributed by atoms with Gasteiger partial charge in [-0.25, -0.2) is 9.97 Å². The zero-order chi connectivity index (χ0) is 16.9. The number of amides is 1. The van der Waals surface area contributed by atoms with Crippen molar-refractivity contribution in [2.45, 2.75) is 5.16 Å². The summed E-state index contributed by atoms with van der Waals surface area (Å²) in [7, 11) is 0. The van der Waals surface area contributed by atoms with Gasteiger partial charge in [0.2, 0.25) is 0 Å². The molecular weight excluding hydrogens is 342 g/mol. The van der Waals surface area contributed by atoms with Crippen LogP contribution in [0, 0.1) is 0 Å². The molecule has 3 aromatic rings. The molecule has 1 amide bonds. The monoisotopic (exact) mass is 355 g/mol. The summed E-state index contributed by atoms with van der Waals surface area (Å²) in [4.78, 5) is 21.4. The molecule has 6 heteroatoms. The minimum absolute atomic E-state index is 0.274. The number of nitrogens with one attached hydrogen (secondary N) is 1. The Morgan fingerprint density at radius 1 is 1.12 bits per heavy atom. The minimum atomic E-state index is -0.274. The first-order chi connectivity index (χ1) is 11.7. The Bertz CT molecular complexity index is 871. The standard InChI is InChI=1S/C18H14ClN3OS/c1-24-18-20-11-15(16(22-18)12-6-3-2-4-7-12)17(23)21-14-9-5-8-13(19)10-14/h2-11H,1H3,(H,21,23). The van der Waals surface area contributed by atoms with Crippen LogP contribution < -0.4 is 5.32 Å². The van der Waals surface area contributed by atoms with Crippen molar-refractivity contribution in [1.82, 2.24) is 9.97 Å². The first-order valence-electron chi connectivity index (χ1n) is 7.21. The molecule has 24 heavy (non-hydrogen) atoms. The number of carbonyl (C=O) groups excluding carboxylic acids is 1. The second-order valence-electron chi connectivity index (χ2n) is 4.95. The Labute approximate surface area is 149 Å². The number of hydrogen-bond acceptors (Lipinski definition) is 4. The van der Waals surface area contributed by atoms with Gasteiger partial charge < -0.3 is 5.32 Å². The molecule has 0 radical (unpaired) electrons. The summed E-state index contributed by atoms with van der Waals surface area (Å²) >= 11 is 7.39. The lowest BCUT2D eigenvalue weighted by Crippen LogP contribution is -2.14. The highest BCUT2D eigenvalue weighted by Gasteiger charge is 2.16. The maximum atomic E-state index is 12.7. The molecule has 0 saturated carbocycles. The normalized spacial score (nSPS) is 10.4. The molecule has 0 aliphatic heterocycles. The molecule has 0 saturated heterocycles. The van der Waals surface area contributed by atoms with Crippen molar-refractivity contribution in [3.05, 3.63) is 71.4 Å². The molecular formula is C18H14ClN3OS. The summed E-state index contributed by atoms with van der Waals surface area (Å²) < 4.78 is 0. The van der Waals surface area contributed by atoms with Gasteiger partial charge in [-0.3, -0.25) is 4.79 Å². The van der Waals surface area contributed by atoms with E-state index in [9.17, 15) is 4.79 Å². The highest BCUT2D eigenvalue weighted by Crippen LogP contribution is 2.24. The van der Waals surface area contributed by atoms with Crippen molar-refractivity contribution < 1.29 is 4.79 Å². The van der Waals surface area contributed by atoms with Crippen molar-refractivity contribution in [1.29, 1.82) is 0 Å². The molecule has 0 aliphatic rings. The summed E-state index contributed by atoms with van der Waals surface area (Å²) in [5, 5.41) is 4.02. The van der Waals surface area contributed by atoms with Crippen molar-refractivity contribution in [2.75, 3.05) is 11.6 Å².